The monoisotopic (exact) mass is 274 g/mol. The smallest absolute Gasteiger partial charge is 0.127 e. The van der Waals surface area contributed by atoms with Gasteiger partial charge in [0.25, 0.3) is 0 Å². The van der Waals surface area contributed by atoms with E-state index in [2.05, 4.69) is 13.8 Å². The number of benzene rings is 2. The Hall–Kier alpha value is -1.47. The van der Waals surface area contributed by atoms with E-state index in [9.17, 15) is 0 Å². The van der Waals surface area contributed by atoms with Crippen molar-refractivity contribution in [2.75, 3.05) is 0 Å². The Balaban J connectivity index is 2.02. The first kappa shape index (κ1) is 14.0. The van der Waals surface area contributed by atoms with Gasteiger partial charge in [0.1, 0.15) is 11.5 Å². The van der Waals surface area contributed by atoms with Crippen molar-refractivity contribution in [1.82, 2.24) is 0 Å². The molecule has 2 aromatic rings. The highest BCUT2D eigenvalue weighted by atomic mass is 35.5. The zero-order chi connectivity index (χ0) is 13.7. The molecule has 0 bridgehead atoms. The average Bonchev–Trinajstić information content (AvgIpc) is 2.40. The topological polar surface area (TPSA) is 9.23 Å². The molecule has 0 N–H and O–H groups in total. The van der Waals surface area contributed by atoms with Crippen LogP contribution in [-0.2, 0) is 0 Å². The number of rotatable bonds is 5. The summed E-state index contributed by atoms with van der Waals surface area (Å²) in [5, 5.41) is 0.0748. The van der Waals surface area contributed by atoms with Gasteiger partial charge in [-0.3, -0.25) is 0 Å². The maximum Gasteiger partial charge on any atom is 0.127 e. The van der Waals surface area contributed by atoms with Crippen LogP contribution in [0, 0.1) is 5.92 Å². The highest BCUT2D eigenvalue weighted by Gasteiger charge is 2.10. The molecule has 0 aromatic heterocycles. The second-order valence-corrected chi connectivity index (χ2v) is 5.61. The van der Waals surface area contributed by atoms with Crippen molar-refractivity contribution in [3.8, 4) is 11.5 Å². The summed E-state index contributed by atoms with van der Waals surface area (Å²) in [7, 11) is 0. The lowest BCUT2D eigenvalue weighted by molar-refractivity contribution is 0.482. The highest BCUT2D eigenvalue weighted by Crippen LogP contribution is 2.30. The van der Waals surface area contributed by atoms with E-state index >= 15 is 0 Å². The van der Waals surface area contributed by atoms with Gasteiger partial charge in [0.15, 0.2) is 0 Å². The van der Waals surface area contributed by atoms with Gasteiger partial charge in [0, 0.05) is 0 Å². The summed E-state index contributed by atoms with van der Waals surface area (Å²) in [5.41, 5.74) is 1.15. The van der Waals surface area contributed by atoms with E-state index in [0.717, 1.165) is 23.5 Å². The molecule has 19 heavy (non-hydrogen) atoms. The van der Waals surface area contributed by atoms with Crippen molar-refractivity contribution in [3.63, 3.8) is 0 Å². The number of para-hydroxylation sites is 1. The van der Waals surface area contributed by atoms with Crippen LogP contribution in [0.15, 0.2) is 54.6 Å². The predicted octanol–water partition coefficient (Wildman–Crippen LogP) is 5.80. The Kier molecular flexibility index (Phi) is 4.86. The average molecular weight is 275 g/mol. The van der Waals surface area contributed by atoms with E-state index in [1.54, 1.807) is 0 Å². The molecule has 0 radical (unpaired) electrons. The molecule has 0 spiro atoms. The first-order chi connectivity index (χ1) is 9.15. The van der Waals surface area contributed by atoms with E-state index in [-0.39, 0.29) is 5.38 Å². The Labute approximate surface area is 120 Å². The first-order valence-electron chi connectivity index (χ1n) is 6.62. The minimum atomic E-state index is 0.0748. The fourth-order valence-electron chi connectivity index (χ4n) is 1.92. The molecule has 1 atom stereocenters. The molecular formula is C17H19ClO. The van der Waals surface area contributed by atoms with Crippen LogP contribution in [0.2, 0.25) is 0 Å². The molecular weight excluding hydrogens is 256 g/mol. The Bertz CT molecular complexity index is 490. The molecule has 0 aliphatic carbocycles. The maximum atomic E-state index is 6.37. The summed E-state index contributed by atoms with van der Waals surface area (Å²) in [6.07, 6.45) is 0.987. The van der Waals surface area contributed by atoms with Gasteiger partial charge in [0.2, 0.25) is 0 Å². The molecule has 0 fully saturated rings. The largest absolute Gasteiger partial charge is 0.457 e. The number of hydrogen-bond donors (Lipinski definition) is 0. The highest BCUT2D eigenvalue weighted by molar-refractivity contribution is 6.20. The van der Waals surface area contributed by atoms with Crippen molar-refractivity contribution in [1.29, 1.82) is 0 Å². The number of hydrogen-bond acceptors (Lipinski definition) is 1. The van der Waals surface area contributed by atoms with Gasteiger partial charge in [0.05, 0.1) is 5.38 Å². The van der Waals surface area contributed by atoms with Crippen molar-refractivity contribution in [3.05, 3.63) is 60.2 Å². The van der Waals surface area contributed by atoms with Crippen LogP contribution >= 0.6 is 11.6 Å². The van der Waals surface area contributed by atoms with Gasteiger partial charge in [-0.2, -0.15) is 0 Å². The predicted molar refractivity (Wildman–Crippen MR) is 81.0 cm³/mol. The van der Waals surface area contributed by atoms with E-state index in [1.165, 1.54) is 0 Å². The van der Waals surface area contributed by atoms with Gasteiger partial charge in [-0.05, 0) is 42.2 Å². The molecule has 0 heterocycles. The molecule has 0 aliphatic heterocycles. The SMILES string of the molecule is CC(C)CC(Cl)c1ccc(Oc2ccccc2)cc1. The Morgan fingerprint density at radius 3 is 2.05 bits per heavy atom. The molecule has 2 aromatic carbocycles. The fourth-order valence-corrected chi connectivity index (χ4v) is 2.42. The van der Waals surface area contributed by atoms with E-state index in [0.29, 0.717) is 5.92 Å². The van der Waals surface area contributed by atoms with Crippen LogP contribution in [0.1, 0.15) is 31.2 Å². The molecule has 0 aliphatic rings. The van der Waals surface area contributed by atoms with Gasteiger partial charge < -0.3 is 4.74 Å². The zero-order valence-corrected chi connectivity index (χ0v) is 12.1. The summed E-state index contributed by atoms with van der Waals surface area (Å²) < 4.78 is 5.75. The quantitative estimate of drug-likeness (QED) is 0.626. The van der Waals surface area contributed by atoms with Crippen molar-refractivity contribution < 1.29 is 4.74 Å². The summed E-state index contributed by atoms with van der Waals surface area (Å²) in [6, 6.07) is 17.8. The molecule has 2 heteroatoms. The Morgan fingerprint density at radius 1 is 0.895 bits per heavy atom. The third-order valence-electron chi connectivity index (χ3n) is 2.90. The van der Waals surface area contributed by atoms with Crippen LogP contribution < -0.4 is 4.74 Å². The summed E-state index contributed by atoms with van der Waals surface area (Å²) in [4.78, 5) is 0. The first-order valence-corrected chi connectivity index (χ1v) is 7.05. The van der Waals surface area contributed by atoms with Gasteiger partial charge in [-0.15, -0.1) is 11.6 Å². The number of alkyl halides is 1. The number of halogens is 1. The van der Waals surface area contributed by atoms with Crippen molar-refractivity contribution in [2.45, 2.75) is 25.6 Å². The molecule has 100 valence electrons. The van der Waals surface area contributed by atoms with Crippen LogP contribution in [0.4, 0.5) is 0 Å². The van der Waals surface area contributed by atoms with Gasteiger partial charge >= 0.3 is 0 Å². The molecule has 0 amide bonds. The second kappa shape index (κ2) is 6.63. The third kappa shape index (κ3) is 4.29. The molecule has 0 saturated heterocycles. The van der Waals surface area contributed by atoms with Crippen LogP contribution in [-0.4, -0.2) is 0 Å². The van der Waals surface area contributed by atoms with Crippen LogP contribution in [0.3, 0.4) is 0 Å². The second-order valence-electron chi connectivity index (χ2n) is 5.08. The summed E-state index contributed by atoms with van der Waals surface area (Å²) in [6.45, 7) is 4.37. The molecule has 1 nitrogen and oxygen atoms in total. The number of ether oxygens (including phenoxy) is 1. The lowest BCUT2D eigenvalue weighted by Crippen LogP contribution is -1.96. The van der Waals surface area contributed by atoms with Crippen molar-refractivity contribution in [2.24, 2.45) is 5.92 Å². The summed E-state index contributed by atoms with van der Waals surface area (Å²) >= 11 is 6.37. The zero-order valence-electron chi connectivity index (χ0n) is 11.3. The molecule has 1 unspecified atom stereocenters. The maximum absolute atomic E-state index is 6.37. The standard InChI is InChI=1S/C17H19ClO/c1-13(2)12-17(18)14-8-10-16(11-9-14)19-15-6-4-3-5-7-15/h3-11,13,17H,12H2,1-2H3. The van der Waals surface area contributed by atoms with E-state index in [1.807, 2.05) is 54.6 Å². The van der Waals surface area contributed by atoms with E-state index in [4.69, 9.17) is 16.3 Å². The minimum absolute atomic E-state index is 0.0748. The van der Waals surface area contributed by atoms with Gasteiger partial charge in [-0.1, -0.05) is 44.2 Å². The molecule has 0 saturated carbocycles. The Morgan fingerprint density at radius 2 is 1.47 bits per heavy atom. The van der Waals surface area contributed by atoms with Crippen LogP contribution in [0.25, 0.3) is 0 Å². The third-order valence-corrected chi connectivity index (χ3v) is 3.33. The van der Waals surface area contributed by atoms with Gasteiger partial charge in [-0.25, -0.2) is 0 Å². The summed E-state index contributed by atoms with van der Waals surface area (Å²) in [5.74, 6) is 2.28. The van der Waals surface area contributed by atoms with Crippen molar-refractivity contribution >= 4 is 11.6 Å². The lowest BCUT2D eigenvalue weighted by Gasteiger charge is -2.13. The lowest BCUT2D eigenvalue weighted by atomic mass is 10.0. The fraction of sp³-hybridized carbons (Fsp3) is 0.294. The minimum Gasteiger partial charge on any atom is -0.457 e. The van der Waals surface area contributed by atoms with Crippen LogP contribution in [0.5, 0.6) is 11.5 Å². The molecule has 2 rings (SSSR count). The van der Waals surface area contributed by atoms with E-state index < -0.39 is 0 Å². The normalized spacial score (nSPS) is 12.4.